The van der Waals surface area contributed by atoms with Crippen molar-refractivity contribution < 1.29 is 9.47 Å². The van der Waals surface area contributed by atoms with Crippen LogP contribution in [-0.4, -0.2) is 62.5 Å². The van der Waals surface area contributed by atoms with E-state index in [9.17, 15) is 0 Å². The first kappa shape index (κ1) is 16.9. The minimum Gasteiger partial charge on any atom is -0.383 e. The summed E-state index contributed by atoms with van der Waals surface area (Å²) in [5.74, 6) is 0.476. The van der Waals surface area contributed by atoms with E-state index < -0.39 is 0 Å². The first-order valence-electron chi connectivity index (χ1n) is 7.37. The van der Waals surface area contributed by atoms with Crippen LogP contribution in [0.1, 0.15) is 34.6 Å². The van der Waals surface area contributed by atoms with Gasteiger partial charge in [0.15, 0.2) is 0 Å². The summed E-state index contributed by atoms with van der Waals surface area (Å²) < 4.78 is 11.5. The van der Waals surface area contributed by atoms with Crippen LogP contribution < -0.4 is 5.32 Å². The minimum absolute atomic E-state index is 0.0995. The molecule has 0 saturated carbocycles. The summed E-state index contributed by atoms with van der Waals surface area (Å²) in [5, 5.41) is 3.46. The molecular weight excluding hydrogens is 240 g/mol. The van der Waals surface area contributed by atoms with Crippen LogP contribution in [0.15, 0.2) is 0 Å². The van der Waals surface area contributed by atoms with Crippen molar-refractivity contribution in [3.8, 4) is 0 Å². The Morgan fingerprint density at radius 2 is 1.84 bits per heavy atom. The molecule has 1 rings (SSSR count). The van der Waals surface area contributed by atoms with Gasteiger partial charge in [0.05, 0.1) is 17.8 Å². The Kier molecular flexibility index (Phi) is 5.80. The van der Waals surface area contributed by atoms with E-state index in [0.717, 1.165) is 26.2 Å². The third-order valence-corrected chi connectivity index (χ3v) is 4.40. The summed E-state index contributed by atoms with van der Waals surface area (Å²) in [7, 11) is 3.80. The maximum absolute atomic E-state index is 6.28. The molecule has 1 heterocycles. The summed E-state index contributed by atoms with van der Waals surface area (Å²) in [6.07, 6.45) is 0. The molecule has 0 aliphatic carbocycles. The average Bonchev–Trinajstić information content (AvgIpc) is 2.48. The maximum atomic E-state index is 6.28. The number of likely N-dealkylation sites (N-methyl/N-ethyl adjacent to an activating group) is 2. The molecule has 0 aromatic carbocycles. The fourth-order valence-electron chi connectivity index (χ4n) is 3.45. The maximum Gasteiger partial charge on any atom is 0.0790 e. The summed E-state index contributed by atoms with van der Waals surface area (Å²) in [5.41, 5.74) is -0.221. The van der Waals surface area contributed by atoms with Crippen LogP contribution in [-0.2, 0) is 9.47 Å². The van der Waals surface area contributed by atoms with Crippen LogP contribution in [0.2, 0.25) is 0 Å². The van der Waals surface area contributed by atoms with Crippen LogP contribution in [0.25, 0.3) is 0 Å². The Bertz CT molecular complexity index is 279. The predicted molar refractivity (Wildman–Crippen MR) is 79.6 cm³/mol. The van der Waals surface area contributed by atoms with Gasteiger partial charge in [0.2, 0.25) is 0 Å². The number of ether oxygens (including phenoxy) is 2. The van der Waals surface area contributed by atoms with Gasteiger partial charge in [0.25, 0.3) is 0 Å². The van der Waals surface area contributed by atoms with Crippen LogP contribution in [0, 0.1) is 5.92 Å². The topological polar surface area (TPSA) is 33.7 Å². The smallest absolute Gasteiger partial charge is 0.0790 e. The van der Waals surface area contributed by atoms with Crippen molar-refractivity contribution in [2.75, 3.05) is 40.4 Å². The van der Waals surface area contributed by atoms with Crippen molar-refractivity contribution in [3.63, 3.8) is 0 Å². The SMILES string of the molecule is CCN(CCOC)CC1C(NC)C(C)(C)OC1(C)C. The minimum atomic E-state index is -0.121. The van der Waals surface area contributed by atoms with Gasteiger partial charge in [-0.05, 0) is 41.3 Å². The van der Waals surface area contributed by atoms with E-state index in [4.69, 9.17) is 9.47 Å². The zero-order valence-electron chi connectivity index (χ0n) is 13.7. The molecule has 2 atom stereocenters. The second-order valence-corrected chi connectivity index (χ2v) is 6.57. The van der Waals surface area contributed by atoms with Crippen LogP contribution >= 0.6 is 0 Å². The highest BCUT2D eigenvalue weighted by Gasteiger charge is 2.53. The molecule has 0 bridgehead atoms. The van der Waals surface area contributed by atoms with Gasteiger partial charge in [0.1, 0.15) is 0 Å². The van der Waals surface area contributed by atoms with E-state index in [1.165, 1.54) is 0 Å². The summed E-state index contributed by atoms with van der Waals surface area (Å²) in [6, 6.07) is 0.374. The molecule has 0 aromatic rings. The predicted octanol–water partition coefficient (Wildman–Crippen LogP) is 1.75. The molecule has 4 heteroatoms. The number of hydrogen-bond donors (Lipinski definition) is 1. The van der Waals surface area contributed by atoms with E-state index in [0.29, 0.717) is 12.0 Å². The van der Waals surface area contributed by atoms with Gasteiger partial charge in [-0.1, -0.05) is 6.92 Å². The molecule has 114 valence electrons. The molecule has 1 fully saturated rings. The molecular formula is C15H32N2O2. The fourth-order valence-corrected chi connectivity index (χ4v) is 3.45. The Morgan fingerprint density at radius 1 is 1.21 bits per heavy atom. The number of hydrogen-bond acceptors (Lipinski definition) is 4. The van der Waals surface area contributed by atoms with Gasteiger partial charge in [-0.3, -0.25) is 0 Å². The number of methoxy groups -OCH3 is 1. The first-order valence-corrected chi connectivity index (χ1v) is 7.37. The van der Waals surface area contributed by atoms with Gasteiger partial charge in [-0.15, -0.1) is 0 Å². The molecule has 0 spiro atoms. The van der Waals surface area contributed by atoms with Crippen LogP contribution in [0.4, 0.5) is 0 Å². The van der Waals surface area contributed by atoms with Crippen LogP contribution in [0.3, 0.4) is 0 Å². The quantitative estimate of drug-likeness (QED) is 0.765. The largest absolute Gasteiger partial charge is 0.383 e. The van der Waals surface area contributed by atoms with Gasteiger partial charge < -0.3 is 19.7 Å². The highest BCUT2D eigenvalue weighted by atomic mass is 16.5. The van der Waals surface area contributed by atoms with E-state index in [1.54, 1.807) is 7.11 Å². The highest BCUT2D eigenvalue weighted by Crippen LogP contribution is 2.42. The highest BCUT2D eigenvalue weighted by molar-refractivity contribution is 5.05. The molecule has 19 heavy (non-hydrogen) atoms. The number of rotatable bonds is 7. The zero-order chi connectivity index (χ0) is 14.7. The molecule has 0 amide bonds. The normalized spacial score (nSPS) is 29.1. The molecule has 1 aliphatic heterocycles. The van der Waals surface area contributed by atoms with Crippen molar-refractivity contribution in [3.05, 3.63) is 0 Å². The molecule has 2 unspecified atom stereocenters. The molecule has 1 aliphatic rings. The Labute approximate surface area is 118 Å². The second kappa shape index (κ2) is 6.53. The lowest BCUT2D eigenvalue weighted by Crippen LogP contribution is -2.50. The van der Waals surface area contributed by atoms with E-state index in [1.807, 2.05) is 7.05 Å². The van der Waals surface area contributed by atoms with Crippen molar-refractivity contribution in [2.45, 2.75) is 51.9 Å². The molecule has 4 nitrogen and oxygen atoms in total. The molecule has 0 radical (unpaired) electrons. The van der Waals surface area contributed by atoms with Crippen molar-refractivity contribution in [1.82, 2.24) is 10.2 Å². The molecule has 1 saturated heterocycles. The summed E-state index contributed by atoms with van der Waals surface area (Å²) in [4.78, 5) is 2.45. The fraction of sp³-hybridized carbons (Fsp3) is 1.00. The third-order valence-electron chi connectivity index (χ3n) is 4.40. The third kappa shape index (κ3) is 3.91. The Morgan fingerprint density at radius 3 is 2.32 bits per heavy atom. The lowest BCUT2D eigenvalue weighted by atomic mass is 9.82. The second-order valence-electron chi connectivity index (χ2n) is 6.57. The average molecular weight is 272 g/mol. The van der Waals surface area contributed by atoms with Crippen LogP contribution in [0.5, 0.6) is 0 Å². The molecule has 1 N–H and O–H groups in total. The van der Waals surface area contributed by atoms with E-state index >= 15 is 0 Å². The molecule has 0 aromatic heterocycles. The van der Waals surface area contributed by atoms with Gasteiger partial charge in [-0.25, -0.2) is 0 Å². The van der Waals surface area contributed by atoms with Gasteiger partial charge in [0, 0.05) is 32.2 Å². The number of nitrogens with zero attached hydrogens (tertiary/aromatic N) is 1. The standard InChI is InChI=1S/C15H32N2O2/c1-8-17(9-10-18-7)11-12-13(16-6)15(4,5)19-14(12,2)3/h12-13,16H,8-11H2,1-7H3. The lowest BCUT2D eigenvalue weighted by Gasteiger charge is -2.33. The van der Waals surface area contributed by atoms with E-state index in [-0.39, 0.29) is 11.2 Å². The van der Waals surface area contributed by atoms with Gasteiger partial charge in [-0.2, -0.15) is 0 Å². The summed E-state index contributed by atoms with van der Waals surface area (Å²) >= 11 is 0. The Hall–Kier alpha value is -0.160. The number of nitrogens with one attached hydrogen (secondary N) is 1. The Balaban J connectivity index is 2.77. The van der Waals surface area contributed by atoms with Crippen molar-refractivity contribution in [1.29, 1.82) is 0 Å². The van der Waals surface area contributed by atoms with E-state index in [2.05, 4.69) is 44.8 Å². The van der Waals surface area contributed by atoms with Crippen molar-refractivity contribution in [2.24, 2.45) is 5.92 Å². The van der Waals surface area contributed by atoms with Gasteiger partial charge >= 0.3 is 0 Å². The first-order chi connectivity index (χ1) is 8.78. The summed E-state index contributed by atoms with van der Waals surface area (Å²) in [6.45, 7) is 14.9. The van der Waals surface area contributed by atoms with Crippen molar-refractivity contribution >= 4 is 0 Å². The lowest BCUT2D eigenvalue weighted by molar-refractivity contribution is -0.0795. The monoisotopic (exact) mass is 272 g/mol. The zero-order valence-corrected chi connectivity index (χ0v) is 13.7.